The summed E-state index contributed by atoms with van der Waals surface area (Å²) in [5, 5.41) is 0. The Labute approximate surface area is 166 Å². The molecule has 0 unspecified atom stereocenters. The van der Waals surface area contributed by atoms with E-state index in [0.29, 0.717) is 9.75 Å². The van der Waals surface area contributed by atoms with E-state index in [1.807, 2.05) is 0 Å². The highest BCUT2D eigenvalue weighted by atomic mass is 32.1. The van der Waals surface area contributed by atoms with Crippen LogP contribution in [0.15, 0.2) is 60.7 Å². The molecule has 0 amide bonds. The van der Waals surface area contributed by atoms with Crippen molar-refractivity contribution >= 4 is 11.3 Å². The van der Waals surface area contributed by atoms with Crippen LogP contribution >= 0.6 is 11.3 Å². The van der Waals surface area contributed by atoms with Crippen molar-refractivity contribution < 1.29 is 26.3 Å². The van der Waals surface area contributed by atoms with Crippen molar-refractivity contribution in [2.24, 2.45) is 0 Å². The van der Waals surface area contributed by atoms with Crippen LogP contribution in [0.4, 0.5) is 26.3 Å². The van der Waals surface area contributed by atoms with E-state index in [2.05, 4.69) is 23.7 Å². The quantitative estimate of drug-likeness (QED) is 0.285. The molecule has 0 aliphatic heterocycles. The van der Waals surface area contributed by atoms with Crippen LogP contribution in [0.25, 0.3) is 0 Å². The van der Waals surface area contributed by atoms with Gasteiger partial charge in [0.1, 0.15) is 0 Å². The molecule has 0 atom stereocenters. The van der Waals surface area contributed by atoms with Crippen molar-refractivity contribution in [3.05, 3.63) is 92.7 Å². The van der Waals surface area contributed by atoms with Crippen LogP contribution in [-0.4, -0.2) is 0 Å². The molecule has 3 aromatic rings. The van der Waals surface area contributed by atoms with E-state index in [9.17, 15) is 26.3 Å². The maximum absolute atomic E-state index is 13.0. The molecule has 0 nitrogen and oxygen atoms in total. The van der Waals surface area contributed by atoms with Crippen molar-refractivity contribution in [2.45, 2.75) is 12.4 Å². The van der Waals surface area contributed by atoms with E-state index < -0.39 is 23.5 Å². The summed E-state index contributed by atoms with van der Waals surface area (Å²) in [6.07, 6.45) is -9.02. The van der Waals surface area contributed by atoms with E-state index in [-0.39, 0.29) is 11.1 Å². The molecule has 0 aliphatic carbocycles. The number of hydrogen-bond acceptors (Lipinski definition) is 1. The highest BCUT2D eigenvalue weighted by Gasteiger charge is 2.33. The summed E-state index contributed by atoms with van der Waals surface area (Å²) in [6.45, 7) is 0. The first kappa shape index (κ1) is 20.6. The van der Waals surface area contributed by atoms with Crippen molar-refractivity contribution in [3.63, 3.8) is 0 Å². The molecular weight excluding hydrogens is 410 g/mol. The topological polar surface area (TPSA) is 0 Å². The maximum Gasteiger partial charge on any atom is 0.417 e. The van der Waals surface area contributed by atoms with Gasteiger partial charge in [0, 0.05) is 11.1 Å². The Hall–Kier alpha value is -3.16. The van der Waals surface area contributed by atoms with Gasteiger partial charge in [-0.1, -0.05) is 47.9 Å². The third-order valence-corrected chi connectivity index (χ3v) is 4.63. The Morgan fingerprint density at radius 1 is 0.517 bits per heavy atom. The van der Waals surface area contributed by atoms with Gasteiger partial charge in [-0.15, -0.1) is 11.3 Å². The fourth-order valence-corrected chi connectivity index (χ4v) is 3.12. The van der Waals surface area contributed by atoms with Gasteiger partial charge in [0.2, 0.25) is 0 Å². The van der Waals surface area contributed by atoms with Crippen molar-refractivity contribution in [3.8, 4) is 23.7 Å². The van der Waals surface area contributed by atoms with Gasteiger partial charge in [-0.2, -0.15) is 26.3 Å². The van der Waals surface area contributed by atoms with Gasteiger partial charge in [0.25, 0.3) is 0 Å². The zero-order valence-corrected chi connectivity index (χ0v) is 15.3. The summed E-state index contributed by atoms with van der Waals surface area (Å²) in [5.41, 5.74) is -1.96. The Bertz CT molecular complexity index is 1050. The maximum atomic E-state index is 13.0. The largest absolute Gasteiger partial charge is 0.417 e. The number of rotatable bonds is 0. The average Bonchev–Trinajstić information content (AvgIpc) is 3.11. The van der Waals surface area contributed by atoms with Gasteiger partial charge in [0.05, 0.1) is 20.9 Å². The summed E-state index contributed by atoms with van der Waals surface area (Å²) in [4.78, 5) is 0.908. The summed E-state index contributed by atoms with van der Waals surface area (Å²) in [6, 6.07) is 13.1. The third kappa shape index (κ3) is 5.22. The van der Waals surface area contributed by atoms with Crippen LogP contribution in [0.3, 0.4) is 0 Å². The number of thiophene rings is 1. The van der Waals surface area contributed by atoms with Crippen LogP contribution < -0.4 is 0 Å². The van der Waals surface area contributed by atoms with E-state index in [4.69, 9.17) is 0 Å². The van der Waals surface area contributed by atoms with E-state index >= 15 is 0 Å². The minimum atomic E-state index is -4.51. The summed E-state index contributed by atoms with van der Waals surface area (Å²) >= 11 is 1.09. The standard InChI is InChI=1S/C22H10F6S/c23-21(24,25)19-7-3-1-5-15(19)9-11-17-13-14-18(29-17)12-10-16-6-2-4-8-20(16)22(26,27)28/h1-8,13-14H. The fraction of sp³-hybridized carbons (Fsp3) is 0.0909. The van der Waals surface area contributed by atoms with Crippen LogP contribution in [0, 0.1) is 23.7 Å². The van der Waals surface area contributed by atoms with Crippen molar-refractivity contribution in [2.75, 3.05) is 0 Å². The second-order valence-electron chi connectivity index (χ2n) is 5.75. The van der Waals surface area contributed by atoms with Crippen LogP contribution in [0.5, 0.6) is 0 Å². The number of benzene rings is 2. The van der Waals surface area contributed by atoms with E-state index in [1.165, 1.54) is 36.4 Å². The number of hydrogen-bond donors (Lipinski definition) is 0. The molecule has 1 aromatic heterocycles. The molecule has 1 heterocycles. The van der Waals surface area contributed by atoms with Crippen molar-refractivity contribution in [1.29, 1.82) is 0 Å². The Morgan fingerprint density at radius 2 is 0.897 bits per heavy atom. The van der Waals surface area contributed by atoms with Crippen LogP contribution in [-0.2, 0) is 12.4 Å². The molecule has 7 heteroatoms. The molecule has 0 radical (unpaired) electrons. The normalized spacial score (nSPS) is 11.2. The highest BCUT2D eigenvalue weighted by Crippen LogP contribution is 2.32. The Morgan fingerprint density at radius 3 is 1.28 bits per heavy atom. The summed E-state index contributed by atoms with van der Waals surface area (Å²) in [7, 11) is 0. The first-order valence-corrected chi connectivity index (χ1v) is 8.92. The minimum absolute atomic E-state index is 0.153. The molecular formula is C22H10F6S. The molecule has 29 heavy (non-hydrogen) atoms. The lowest BCUT2D eigenvalue weighted by molar-refractivity contribution is -0.138. The lowest BCUT2D eigenvalue weighted by Gasteiger charge is -2.07. The first-order valence-electron chi connectivity index (χ1n) is 8.11. The number of halogens is 6. The zero-order valence-electron chi connectivity index (χ0n) is 14.4. The molecule has 0 spiro atoms. The Kier molecular flexibility index (Phi) is 5.72. The second kappa shape index (κ2) is 8.06. The lowest BCUT2D eigenvalue weighted by Crippen LogP contribution is -2.07. The predicted molar refractivity (Wildman–Crippen MR) is 99.2 cm³/mol. The van der Waals surface area contributed by atoms with Crippen molar-refractivity contribution in [1.82, 2.24) is 0 Å². The zero-order chi connectivity index (χ0) is 21.1. The van der Waals surface area contributed by atoms with E-state index in [1.54, 1.807) is 12.1 Å². The monoisotopic (exact) mass is 420 g/mol. The van der Waals surface area contributed by atoms with Crippen LogP contribution in [0.1, 0.15) is 32.0 Å². The van der Waals surface area contributed by atoms with Gasteiger partial charge >= 0.3 is 12.4 Å². The highest BCUT2D eigenvalue weighted by molar-refractivity contribution is 7.13. The summed E-state index contributed by atoms with van der Waals surface area (Å²) < 4.78 is 78.0. The number of alkyl halides is 6. The second-order valence-corrected chi connectivity index (χ2v) is 6.83. The molecule has 0 fully saturated rings. The molecule has 0 aliphatic rings. The average molecular weight is 420 g/mol. The molecule has 0 bridgehead atoms. The molecule has 0 saturated carbocycles. The lowest BCUT2D eigenvalue weighted by atomic mass is 10.1. The third-order valence-electron chi connectivity index (χ3n) is 3.71. The fourth-order valence-electron chi connectivity index (χ4n) is 2.41. The smallest absolute Gasteiger partial charge is 0.166 e. The van der Waals surface area contributed by atoms with Crippen LogP contribution in [0.2, 0.25) is 0 Å². The first-order chi connectivity index (χ1) is 13.6. The van der Waals surface area contributed by atoms with Gasteiger partial charge in [-0.3, -0.25) is 0 Å². The molecule has 0 N–H and O–H groups in total. The predicted octanol–water partition coefficient (Wildman–Crippen LogP) is 6.59. The molecule has 146 valence electrons. The summed E-state index contributed by atoms with van der Waals surface area (Å²) in [5.74, 6) is 10.3. The molecule has 2 aromatic carbocycles. The van der Waals surface area contributed by atoms with Gasteiger partial charge in [0.15, 0.2) is 0 Å². The SMILES string of the molecule is FC(F)(F)c1ccccc1C#Cc1ccc(C#Cc2ccccc2C(F)(F)F)s1. The molecule has 0 saturated heterocycles. The van der Waals surface area contributed by atoms with Gasteiger partial charge < -0.3 is 0 Å². The molecule has 3 rings (SSSR count). The minimum Gasteiger partial charge on any atom is -0.166 e. The Balaban J connectivity index is 1.86. The van der Waals surface area contributed by atoms with Gasteiger partial charge in [-0.25, -0.2) is 0 Å². The van der Waals surface area contributed by atoms with Gasteiger partial charge in [-0.05, 0) is 36.4 Å². The van der Waals surface area contributed by atoms with E-state index in [0.717, 1.165) is 23.5 Å².